The smallest absolute Gasteiger partial charge is 0.227 e. The molecule has 2 aromatic carbocycles. The Labute approximate surface area is 150 Å². The zero-order valence-corrected chi connectivity index (χ0v) is 14.2. The van der Waals surface area contributed by atoms with Gasteiger partial charge in [-0.1, -0.05) is 6.07 Å². The van der Waals surface area contributed by atoms with Gasteiger partial charge in [0, 0.05) is 36.2 Å². The first kappa shape index (κ1) is 17.9. The van der Waals surface area contributed by atoms with Crippen molar-refractivity contribution in [3.8, 4) is 11.5 Å². The summed E-state index contributed by atoms with van der Waals surface area (Å²) in [5.41, 5.74) is 0.947. The van der Waals surface area contributed by atoms with Crippen LogP contribution in [-0.2, 0) is 11.2 Å². The van der Waals surface area contributed by atoms with Crippen LogP contribution in [0.1, 0.15) is 28.8 Å². The maximum atomic E-state index is 13.0. The molecule has 0 saturated carbocycles. The van der Waals surface area contributed by atoms with Crippen molar-refractivity contribution >= 4 is 11.7 Å². The van der Waals surface area contributed by atoms with Gasteiger partial charge in [0.2, 0.25) is 5.91 Å². The minimum absolute atomic E-state index is 0.0201. The van der Waals surface area contributed by atoms with Gasteiger partial charge in [0.25, 0.3) is 0 Å². The molecule has 136 valence electrons. The number of phenolic OH excluding ortho intramolecular Hbond substituents is 2. The number of amides is 1. The van der Waals surface area contributed by atoms with Gasteiger partial charge in [-0.05, 0) is 43.2 Å². The number of aromatic hydroxyl groups is 2. The lowest BCUT2D eigenvalue weighted by atomic mass is 9.88. The molecule has 6 heteroatoms. The van der Waals surface area contributed by atoms with Crippen LogP contribution in [0.15, 0.2) is 42.5 Å². The molecule has 1 aliphatic heterocycles. The van der Waals surface area contributed by atoms with Crippen LogP contribution in [0.2, 0.25) is 0 Å². The molecule has 0 aromatic heterocycles. The quantitative estimate of drug-likeness (QED) is 0.825. The van der Waals surface area contributed by atoms with Crippen molar-refractivity contribution in [2.24, 2.45) is 5.92 Å². The molecule has 2 N–H and O–H groups in total. The van der Waals surface area contributed by atoms with Crippen molar-refractivity contribution in [3.63, 3.8) is 0 Å². The first-order valence-electron chi connectivity index (χ1n) is 8.52. The Kier molecular flexibility index (Phi) is 5.21. The number of carbonyl (C=O) groups excluding carboxylic acids is 2. The molecule has 1 fully saturated rings. The van der Waals surface area contributed by atoms with E-state index in [1.807, 2.05) is 0 Å². The minimum atomic E-state index is -0.376. The highest BCUT2D eigenvalue weighted by Crippen LogP contribution is 2.25. The highest BCUT2D eigenvalue weighted by atomic mass is 19.1. The van der Waals surface area contributed by atoms with Crippen LogP contribution < -0.4 is 0 Å². The lowest BCUT2D eigenvalue weighted by molar-refractivity contribution is -0.131. The Morgan fingerprint density at radius 2 is 1.69 bits per heavy atom. The first-order valence-corrected chi connectivity index (χ1v) is 8.52. The van der Waals surface area contributed by atoms with Crippen LogP contribution in [0.25, 0.3) is 0 Å². The third-order valence-electron chi connectivity index (χ3n) is 4.76. The maximum absolute atomic E-state index is 13.0. The summed E-state index contributed by atoms with van der Waals surface area (Å²) in [7, 11) is 0. The summed E-state index contributed by atoms with van der Waals surface area (Å²) in [6.07, 6.45) is 1.16. The lowest BCUT2D eigenvalue weighted by Crippen LogP contribution is -2.41. The molecule has 0 atom stereocenters. The molecule has 1 aliphatic rings. The molecule has 1 saturated heterocycles. The van der Waals surface area contributed by atoms with Gasteiger partial charge in [-0.3, -0.25) is 9.59 Å². The minimum Gasteiger partial charge on any atom is -0.508 e. The van der Waals surface area contributed by atoms with E-state index in [9.17, 15) is 24.2 Å². The molecule has 1 heterocycles. The number of nitrogens with zero attached hydrogens (tertiary/aromatic N) is 1. The van der Waals surface area contributed by atoms with Crippen molar-refractivity contribution < 1.29 is 24.2 Å². The highest BCUT2D eigenvalue weighted by molar-refractivity contribution is 5.98. The molecule has 3 rings (SSSR count). The zero-order valence-electron chi connectivity index (χ0n) is 14.2. The molecule has 0 spiro atoms. The van der Waals surface area contributed by atoms with Crippen LogP contribution >= 0.6 is 0 Å². The molecule has 0 radical (unpaired) electrons. The molecular weight excluding hydrogens is 337 g/mol. The van der Waals surface area contributed by atoms with Crippen LogP contribution in [0.4, 0.5) is 4.39 Å². The molecule has 2 aromatic rings. The second-order valence-corrected chi connectivity index (χ2v) is 6.52. The van der Waals surface area contributed by atoms with E-state index >= 15 is 0 Å². The van der Waals surface area contributed by atoms with Crippen molar-refractivity contribution in [2.75, 3.05) is 13.1 Å². The van der Waals surface area contributed by atoms with Gasteiger partial charge >= 0.3 is 0 Å². The number of likely N-dealkylation sites (tertiary alicyclic amines) is 1. The zero-order chi connectivity index (χ0) is 18.7. The average molecular weight is 357 g/mol. The summed E-state index contributed by atoms with van der Waals surface area (Å²) in [6, 6.07) is 9.68. The van der Waals surface area contributed by atoms with E-state index in [0.717, 1.165) is 0 Å². The van der Waals surface area contributed by atoms with E-state index in [4.69, 9.17) is 0 Å². The van der Waals surface area contributed by atoms with Crippen molar-refractivity contribution in [3.05, 3.63) is 59.4 Å². The Balaban J connectivity index is 1.56. The molecule has 1 amide bonds. The monoisotopic (exact) mass is 357 g/mol. The van der Waals surface area contributed by atoms with Gasteiger partial charge in [0.05, 0.1) is 6.42 Å². The molecule has 0 aliphatic carbocycles. The maximum Gasteiger partial charge on any atom is 0.227 e. The number of piperidine rings is 1. The summed E-state index contributed by atoms with van der Waals surface area (Å²) >= 11 is 0. The van der Waals surface area contributed by atoms with E-state index in [2.05, 4.69) is 0 Å². The predicted molar refractivity (Wildman–Crippen MR) is 93.5 cm³/mol. The Hall–Kier alpha value is -2.89. The molecule has 5 nitrogen and oxygen atoms in total. The number of Topliss-reactive ketones (excluding diaryl/α,β-unsaturated/α-hetero) is 1. The molecular formula is C20H20FNO4. The van der Waals surface area contributed by atoms with Gasteiger partial charge in [-0.2, -0.15) is 0 Å². The SMILES string of the molecule is O=C(c1ccc(F)cc1)C1CCN(C(=O)Cc2ccc(O)cc2O)CC1. The predicted octanol–water partition coefficient (Wildman–Crippen LogP) is 2.90. The summed E-state index contributed by atoms with van der Waals surface area (Å²) in [5.74, 6) is -0.864. The Morgan fingerprint density at radius 1 is 1.04 bits per heavy atom. The molecule has 0 bridgehead atoms. The summed E-state index contributed by atoms with van der Waals surface area (Å²) < 4.78 is 13.0. The van der Waals surface area contributed by atoms with Crippen LogP contribution in [0.5, 0.6) is 11.5 Å². The number of halogens is 1. The Bertz CT molecular complexity index is 811. The highest BCUT2D eigenvalue weighted by Gasteiger charge is 2.28. The lowest BCUT2D eigenvalue weighted by Gasteiger charge is -2.31. The number of hydrogen-bond acceptors (Lipinski definition) is 4. The van der Waals surface area contributed by atoms with Crippen molar-refractivity contribution in [1.82, 2.24) is 4.90 Å². The van der Waals surface area contributed by atoms with Crippen LogP contribution in [-0.4, -0.2) is 39.9 Å². The summed E-state index contributed by atoms with van der Waals surface area (Å²) in [4.78, 5) is 26.6. The number of ketones is 1. The van der Waals surface area contributed by atoms with E-state index in [1.165, 1.54) is 42.5 Å². The first-order chi connectivity index (χ1) is 12.4. The van der Waals surface area contributed by atoms with Gasteiger partial charge in [-0.15, -0.1) is 0 Å². The number of hydrogen-bond donors (Lipinski definition) is 2. The molecule has 0 unspecified atom stereocenters. The second-order valence-electron chi connectivity index (χ2n) is 6.52. The average Bonchev–Trinajstić information content (AvgIpc) is 2.64. The Morgan fingerprint density at radius 3 is 2.31 bits per heavy atom. The largest absolute Gasteiger partial charge is 0.508 e. The van der Waals surface area contributed by atoms with E-state index in [1.54, 1.807) is 4.90 Å². The van der Waals surface area contributed by atoms with Gasteiger partial charge in [0.1, 0.15) is 17.3 Å². The van der Waals surface area contributed by atoms with Gasteiger partial charge in [-0.25, -0.2) is 4.39 Å². The van der Waals surface area contributed by atoms with E-state index < -0.39 is 0 Å². The number of rotatable bonds is 4. The van der Waals surface area contributed by atoms with Crippen molar-refractivity contribution in [1.29, 1.82) is 0 Å². The van der Waals surface area contributed by atoms with Gasteiger partial charge in [0.15, 0.2) is 5.78 Å². The van der Waals surface area contributed by atoms with Crippen molar-refractivity contribution in [2.45, 2.75) is 19.3 Å². The third-order valence-corrected chi connectivity index (χ3v) is 4.76. The van der Waals surface area contributed by atoms with Gasteiger partial charge < -0.3 is 15.1 Å². The second kappa shape index (κ2) is 7.56. The fraction of sp³-hybridized carbons (Fsp3) is 0.300. The third kappa shape index (κ3) is 4.02. The fourth-order valence-corrected chi connectivity index (χ4v) is 3.22. The number of carbonyl (C=O) groups is 2. The number of benzene rings is 2. The summed E-state index contributed by atoms with van der Waals surface area (Å²) in [5, 5.41) is 19.1. The molecule has 26 heavy (non-hydrogen) atoms. The fourth-order valence-electron chi connectivity index (χ4n) is 3.22. The standard InChI is InChI=1S/C20H20FNO4/c21-16-4-1-13(2-5-16)20(26)14-7-9-22(10-8-14)19(25)11-15-3-6-17(23)12-18(15)24/h1-6,12,14,23-24H,7-11H2. The van der Waals surface area contributed by atoms with E-state index in [-0.39, 0.29) is 41.3 Å². The topological polar surface area (TPSA) is 77.8 Å². The van der Waals surface area contributed by atoms with Crippen LogP contribution in [0, 0.1) is 11.7 Å². The normalized spacial score (nSPS) is 15.0. The number of phenols is 2. The van der Waals surface area contributed by atoms with E-state index in [0.29, 0.717) is 37.1 Å². The summed E-state index contributed by atoms with van der Waals surface area (Å²) in [6.45, 7) is 0.935. The van der Waals surface area contributed by atoms with Crippen LogP contribution in [0.3, 0.4) is 0 Å².